The number of ether oxygens (including phenoxy) is 1. The Labute approximate surface area is 96.3 Å². The van der Waals surface area contributed by atoms with E-state index in [1.54, 1.807) is 19.2 Å². The van der Waals surface area contributed by atoms with Gasteiger partial charge >= 0.3 is 0 Å². The smallest absolute Gasteiger partial charge is 0.185 e. The van der Waals surface area contributed by atoms with Crippen LogP contribution in [0.4, 0.5) is 0 Å². The van der Waals surface area contributed by atoms with Crippen LogP contribution in [0.15, 0.2) is 30.9 Å². The van der Waals surface area contributed by atoms with E-state index in [1.165, 1.54) is 6.08 Å². The van der Waals surface area contributed by atoms with E-state index >= 15 is 0 Å². The lowest BCUT2D eigenvalue weighted by molar-refractivity contribution is 0.104. The summed E-state index contributed by atoms with van der Waals surface area (Å²) in [5.41, 5.74) is 1.64. The molecule has 0 amide bonds. The average molecular weight is 219 g/mol. The Bertz CT molecular complexity index is 397. The molecule has 16 heavy (non-hydrogen) atoms. The molecule has 0 spiro atoms. The summed E-state index contributed by atoms with van der Waals surface area (Å²) in [6.45, 7) is 4.21. The lowest BCUT2D eigenvalue weighted by Gasteiger charge is -2.14. The first-order valence-electron chi connectivity index (χ1n) is 5.07. The van der Waals surface area contributed by atoms with E-state index in [2.05, 4.69) is 6.58 Å². The van der Waals surface area contributed by atoms with E-state index in [1.807, 2.05) is 25.1 Å². The first-order valence-corrected chi connectivity index (χ1v) is 5.07. The molecule has 0 saturated heterocycles. The second-order valence-electron chi connectivity index (χ2n) is 3.83. The van der Waals surface area contributed by atoms with Crippen molar-refractivity contribution >= 4 is 5.78 Å². The number of hydrogen-bond acceptors (Lipinski definition) is 3. The van der Waals surface area contributed by atoms with Crippen LogP contribution in [0.3, 0.4) is 0 Å². The van der Waals surface area contributed by atoms with Crippen LogP contribution in [0.25, 0.3) is 0 Å². The Balaban J connectivity index is 3.15. The van der Waals surface area contributed by atoms with Crippen LogP contribution >= 0.6 is 0 Å². The molecule has 1 rings (SSSR count). The highest BCUT2D eigenvalue weighted by Crippen LogP contribution is 2.19. The standard InChI is InChI=1S/C13H17NO2/c1-5-13(15)12-7-6-11(16-4)8-10(12)9-14(2)3/h5-8H,1,9H2,2-4H3. The Morgan fingerprint density at radius 1 is 1.50 bits per heavy atom. The molecule has 0 aliphatic carbocycles. The van der Waals surface area contributed by atoms with Gasteiger partial charge in [-0.15, -0.1) is 0 Å². The summed E-state index contributed by atoms with van der Waals surface area (Å²) in [4.78, 5) is 13.6. The van der Waals surface area contributed by atoms with Crippen molar-refractivity contribution in [3.05, 3.63) is 42.0 Å². The molecule has 0 unspecified atom stereocenters. The van der Waals surface area contributed by atoms with E-state index in [0.29, 0.717) is 12.1 Å². The maximum atomic E-state index is 11.6. The van der Waals surface area contributed by atoms with Gasteiger partial charge in [0.15, 0.2) is 5.78 Å². The lowest BCUT2D eigenvalue weighted by atomic mass is 10.0. The maximum absolute atomic E-state index is 11.6. The van der Waals surface area contributed by atoms with Crippen LogP contribution in [0, 0.1) is 0 Å². The molecular weight excluding hydrogens is 202 g/mol. The van der Waals surface area contributed by atoms with E-state index in [0.717, 1.165) is 11.3 Å². The number of carbonyl (C=O) groups excluding carboxylic acids is 1. The molecule has 0 bridgehead atoms. The van der Waals surface area contributed by atoms with Gasteiger partial charge in [-0.3, -0.25) is 4.79 Å². The summed E-state index contributed by atoms with van der Waals surface area (Å²) in [6, 6.07) is 5.45. The minimum Gasteiger partial charge on any atom is -0.497 e. The van der Waals surface area contributed by atoms with Crippen molar-refractivity contribution < 1.29 is 9.53 Å². The Hall–Kier alpha value is -1.61. The monoisotopic (exact) mass is 219 g/mol. The van der Waals surface area contributed by atoms with Gasteiger partial charge in [-0.2, -0.15) is 0 Å². The van der Waals surface area contributed by atoms with E-state index in [-0.39, 0.29) is 5.78 Å². The zero-order chi connectivity index (χ0) is 12.1. The van der Waals surface area contributed by atoms with Gasteiger partial charge in [-0.1, -0.05) is 6.58 Å². The van der Waals surface area contributed by atoms with Gasteiger partial charge in [0, 0.05) is 12.1 Å². The van der Waals surface area contributed by atoms with Gasteiger partial charge in [0.2, 0.25) is 0 Å². The van der Waals surface area contributed by atoms with Crippen molar-refractivity contribution in [3.8, 4) is 5.75 Å². The third kappa shape index (κ3) is 2.94. The minimum absolute atomic E-state index is 0.0560. The lowest BCUT2D eigenvalue weighted by Crippen LogP contribution is -2.13. The largest absolute Gasteiger partial charge is 0.497 e. The Morgan fingerprint density at radius 3 is 2.69 bits per heavy atom. The molecular formula is C13H17NO2. The van der Waals surface area contributed by atoms with Crippen LogP contribution in [0.5, 0.6) is 5.75 Å². The number of nitrogens with zero attached hydrogens (tertiary/aromatic N) is 1. The first kappa shape index (κ1) is 12.5. The topological polar surface area (TPSA) is 29.5 Å². The summed E-state index contributed by atoms with van der Waals surface area (Å²) in [5.74, 6) is 0.706. The van der Waals surface area contributed by atoms with Crippen LogP contribution < -0.4 is 4.74 Å². The first-order chi connectivity index (χ1) is 7.58. The molecule has 0 aliphatic rings. The van der Waals surface area contributed by atoms with Gasteiger partial charge < -0.3 is 9.64 Å². The van der Waals surface area contributed by atoms with Crippen LogP contribution in [-0.4, -0.2) is 31.9 Å². The van der Waals surface area contributed by atoms with Crippen molar-refractivity contribution in [2.24, 2.45) is 0 Å². The second-order valence-corrected chi connectivity index (χ2v) is 3.83. The molecule has 0 atom stereocenters. The Morgan fingerprint density at radius 2 is 2.19 bits per heavy atom. The quantitative estimate of drug-likeness (QED) is 0.561. The zero-order valence-electron chi connectivity index (χ0n) is 9.99. The fourth-order valence-electron chi connectivity index (χ4n) is 1.52. The highest BCUT2D eigenvalue weighted by Gasteiger charge is 2.10. The molecule has 0 aliphatic heterocycles. The van der Waals surface area contributed by atoms with Gasteiger partial charge in [-0.25, -0.2) is 0 Å². The maximum Gasteiger partial charge on any atom is 0.185 e. The number of rotatable bonds is 5. The van der Waals surface area contributed by atoms with Crippen molar-refractivity contribution in [2.75, 3.05) is 21.2 Å². The van der Waals surface area contributed by atoms with Crippen LogP contribution in [0.2, 0.25) is 0 Å². The molecule has 0 aromatic heterocycles. The molecule has 86 valence electrons. The molecule has 0 saturated carbocycles. The average Bonchev–Trinajstić information content (AvgIpc) is 2.27. The predicted octanol–water partition coefficient (Wildman–Crippen LogP) is 2.13. The number of allylic oxidation sites excluding steroid dienone is 1. The summed E-state index contributed by atoms with van der Waals surface area (Å²) < 4.78 is 5.15. The Kier molecular flexibility index (Phi) is 4.26. The molecule has 0 heterocycles. The number of methoxy groups -OCH3 is 1. The summed E-state index contributed by atoms with van der Waals surface area (Å²) in [7, 11) is 5.53. The van der Waals surface area contributed by atoms with Gasteiger partial charge in [-0.05, 0) is 43.9 Å². The molecule has 0 fully saturated rings. The van der Waals surface area contributed by atoms with Gasteiger partial charge in [0.05, 0.1) is 7.11 Å². The number of benzene rings is 1. The molecule has 1 aromatic carbocycles. The molecule has 0 N–H and O–H groups in total. The summed E-state index contributed by atoms with van der Waals surface area (Å²) in [5, 5.41) is 0. The SMILES string of the molecule is C=CC(=O)c1ccc(OC)cc1CN(C)C. The number of carbonyl (C=O) groups is 1. The third-order valence-corrected chi connectivity index (χ3v) is 2.25. The molecule has 3 heteroatoms. The number of hydrogen-bond donors (Lipinski definition) is 0. The van der Waals surface area contributed by atoms with Crippen LogP contribution in [0.1, 0.15) is 15.9 Å². The highest BCUT2D eigenvalue weighted by molar-refractivity contribution is 6.05. The van der Waals surface area contributed by atoms with Crippen LogP contribution in [-0.2, 0) is 6.54 Å². The van der Waals surface area contributed by atoms with Crippen molar-refractivity contribution in [1.29, 1.82) is 0 Å². The van der Waals surface area contributed by atoms with Gasteiger partial charge in [0.1, 0.15) is 5.75 Å². The van der Waals surface area contributed by atoms with E-state index < -0.39 is 0 Å². The predicted molar refractivity (Wildman–Crippen MR) is 64.9 cm³/mol. The second kappa shape index (κ2) is 5.47. The highest BCUT2D eigenvalue weighted by atomic mass is 16.5. The fourth-order valence-corrected chi connectivity index (χ4v) is 1.52. The van der Waals surface area contributed by atoms with Crippen molar-refractivity contribution in [2.45, 2.75) is 6.54 Å². The normalized spacial score (nSPS) is 10.2. The summed E-state index contributed by atoms with van der Waals surface area (Å²) in [6.07, 6.45) is 1.33. The number of ketones is 1. The van der Waals surface area contributed by atoms with Crippen molar-refractivity contribution in [3.63, 3.8) is 0 Å². The third-order valence-electron chi connectivity index (χ3n) is 2.25. The summed E-state index contributed by atoms with van der Waals surface area (Å²) >= 11 is 0. The molecule has 1 aromatic rings. The fraction of sp³-hybridized carbons (Fsp3) is 0.308. The minimum atomic E-state index is -0.0560. The van der Waals surface area contributed by atoms with E-state index in [9.17, 15) is 4.79 Å². The van der Waals surface area contributed by atoms with Gasteiger partial charge in [0.25, 0.3) is 0 Å². The molecule has 0 radical (unpaired) electrons. The van der Waals surface area contributed by atoms with E-state index in [4.69, 9.17) is 4.74 Å². The van der Waals surface area contributed by atoms with Crippen molar-refractivity contribution in [1.82, 2.24) is 4.90 Å². The zero-order valence-corrected chi connectivity index (χ0v) is 9.99. The molecule has 3 nitrogen and oxygen atoms in total.